The van der Waals surface area contributed by atoms with E-state index in [4.69, 9.17) is 0 Å². The zero-order valence-electron chi connectivity index (χ0n) is 14.3. The van der Waals surface area contributed by atoms with Gasteiger partial charge in [-0.2, -0.15) is 0 Å². The summed E-state index contributed by atoms with van der Waals surface area (Å²) >= 11 is 3.89. The van der Waals surface area contributed by atoms with Crippen molar-refractivity contribution in [2.75, 3.05) is 11.1 Å². The van der Waals surface area contributed by atoms with Crippen LogP contribution >= 0.6 is 34.4 Å². The van der Waals surface area contributed by atoms with E-state index in [0.717, 1.165) is 10.6 Å². The molecule has 0 heterocycles. The van der Waals surface area contributed by atoms with Crippen LogP contribution in [0.15, 0.2) is 65.6 Å². The van der Waals surface area contributed by atoms with Crippen molar-refractivity contribution >= 4 is 56.7 Å². The molecule has 3 aromatic carbocycles. The third kappa shape index (κ3) is 4.55. The van der Waals surface area contributed by atoms with E-state index >= 15 is 0 Å². The number of rotatable bonds is 5. The molecule has 2 nitrogen and oxygen atoms in total. The van der Waals surface area contributed by atoms with Gasteiger partial charge in [0.2, 0.25) is 5.91 Å². The van der Waals surface area contributed by atoms with E-state index in [-0.39, 0.29) is 5.91 Å². The third-order valence-electron chi connectivity index (χ3n) is 4.02. The van der Waals surface area contributed by atoms with Crippen LogP contribution < -0.4 is 5.32 Å². The first-order valence-corrected chi connectivity index (χ1v) is 10.3. The molecule has 0 spiro atoms. The molecule has 3 aromatic rings. The maximum Gasteiger partial charge on any atom is 0.234 e. The molecule has 4 heteroatoms. The van der Waals surface area contributed by atoms with E-state index in [1.807, 2.05) is 30.3 Å². The fourth-order valence-corrected chi connectivity index (χ4v) is 4.17. The summed E-state index contributed by atoms with van der Waals surface area (Å²) in [6, 6.07) is 20.6. The summed E-state index contributed by atoms with van der Waals surface area (Å²) in [5, 5.41) is 5.47. The molecule has 0 aliphatic heterocycles. The Balaban J connectivity index is 1.71. The highest BCUT2D eigenvalue weighted by atomic mass is 127. The van der Waals surface area contributed by atoms with E-state index in [0.29, 0.717) is 11.7 Å². The van der Waals surface area contributed by atoms with Crippen molar-refractivity contribution in [3.05, 3.63) is 69.8 Å². The minimum Gasteiger partial charge on any atom is -0.325 e. The number of thioether (sulfide) groups is 1. The van der Waals surface area contributed by atoms with Crippen LogP contribution in [0.2, 0.25) is 0 Å². The minimum absolute atomic E-state index is 0.0287. The minimum atomic E-state index is 0.0287. The van der Waals surface area contributed by atoms with Crippen molar-refractivity contribution in [2.24, 2.45) is 0 Å². The molecule has 3 rings (SSSR count). The third-order valence-corrected chi connectivity index (χ3v) is 5.76. The first kappa shape index (κ1) is 18.3. The molecule has 0 saturated carbocycles. The fourth-order valence-electron chi connectivity index (χ4n) is 2.78. The smallest absolute Gasteiger partial charge is 0.234 e. The molecule has 0 unspecified atom stereocenters. The molecule has 0 aromatic heterocycles. The Labute approximate surface area is 166 Å². The standard InChI is InChI=1S/C21H20INOS/c1-14(2)18-12-16(22)10-11-19(18)23-21(24)13-25-20-9-5-7-15-6-3-4-8-17(15)20/h3-12,14H,13H2,1-2H3,(H,23,24). The Kier molecular flexibility index (Phi) is 6.02. The molecule has 0 aliphatic carbocycles. The topological polar surface area (TPSA) is 29.1 Å². The number of carbonyl (C=O) groups excluding carboxylic acids is 1. The molecule has 1 N–H and O–H groups in total. The van der Waals surface area contributed by atoms with Gasteiger partial charge in [0, 0.05) is 14.2 Å². The molecule has 0 bridgehead atoms. The zero-order chi connectivity index (χ0) is 17.8. The van der Waals surface area contributed by atoms with E-state index in [9.17, 15) is 4.79 Å². The summed E-state index contributed by atoms with van der Waals surface area (Å²) in [7, 11) is 0. The van der Waals surface area contributed by atoms with Gasteiger partial charge < -0.3 is 5.32 Å². The molecule has 0 radical (unpaired) electrons. The SMILES string of the molecule is CC(C)c1cc(I)ccc1NC(=O)CSc1cccc2ccccc12. The zero-order valence-corrected chi connectivity index (χ0v) is 17.2. The van der Waals surface area contributed by atoms with E-state index in [1.165, 1.54) is 19.9 Å². The lowest BCUT2D eigenvalue weighted by Crippen LogP contribution is -2.15. The first-order chi connectivity index (χ1) is 12.0. The number of carbonyl (C=O) groups is 1. The monoisotopic (exact) mass is 461 g/mol. The van der Waals surface area contributed by atoms with Gasteiger partial charge in [0.15, 0.2) is 0 Å². The summed E-state index contributed by atoms with van der Waals surface area (Å²) in [6.07, 6.45) is 0. The molecular weight excluding hydrogens is 441 g/mol. The van der Waals surface area contributed by atoms with Crippen molar-refractivity contribution in [1.82, 2.24) is 0 Å². The predicted octanol–water partition coefficient (Wildman–Crippen LogP) is 6.30. The summed E-state index contributed by atoms with van der Waals surface area (Å²) in [5.41, 5.74) is 2.09. The Morgan fingerprint density at radius 1 is 1.08 bits per heavy atom. The van der Waals surface area contributed by atoms with Crippen molar-refractivity contribution in [2.45, 2.75) is 24.7 Å². The van der Waals surface area contributed by atoms with Crippen LogP contribution in [-0.4, -0.2) is 11.7 Å². The van der Waals surface area contributed by atoms with Crippen molar-refractivity contribution in [1.29, 1.82) is 0 Å². The van der Waals surface area contributed by atoms with Gasteiger partial charge in [-0.3, -0.25) is 4.79 Å². The van der Waals surface area contributed by atoms with Crippen LogP contribution in [0, 0.1) is 3.57 Å². The van der Waals surface area contributed by atoms with Gasteiger partial charge >= 0.3 is 0 Å². The fraction of sp³-hybridized carbons (Fsp3) is 0.190. The highest BCUT2D eigenvalue weighted by Gasteiger charge is 2.11. The van der Waals surface area contributed by atoms with E-state index in [2.05, 4.69) is 72.1 Å². The lowest BCUT2D eigenvalue weighted by Gasteiger charge is -2.14. The highest BCUT2D eigenvalue weighted by Crippen LogP contribution is 2.29. The number of nitrogens with one attached hydrogen (secondary N) is 1. The lowest BCUT2D eigenvalue weighted by molar-refractivity contribution is -0.113. The number of anilines is 1. The number of hydrogen-bond donors (Lipinski definition) is 1. The van der Waals surface area contributed by atoms with Gasteiger partial charge in [0.25, 0.3) is 0 Å². The van der Waals surface area contributed by atoms with Gasteiger partial charge in [-0.15, -0.1) is 11.8 Å². The maximum absolute atomic E-state index is 12.4. The maximum atomic E-state index is 12.4. The molecule has 0 atom stereocenters. The molecule has 0 fully saturated rings. The van der Waals surface area contributed by atoms with Crippen LogP contribution in [0.4, 0.5) is 5.69 Å². The van der Waals surface area contributed by atoms with Crippen LogP contribution in [0.25, 0.3) is 10.8 Å². The molecule has 25 heavy (non-hydrogen) atoms. The van der Waals surface area contributed by atoms with Crippen molar-refractivity contribution < 1.29 is 4.79 Å². The number of benzene rings is 3. The lowest BCUT2D eigenvalue weighted by atomic mass is 10.0. The quantitative estimate of drug-likeness (QED) is 0.357. The van der Waals surface area contributed by atoms with E-state index < -0.39 is 0 Å². The molecule has 128 valence electrons. The second kappa shape index (κ2) is 8.23. The molecular formula is C21H20INOS. The second-order valence-corrected chi connectivity index (χ2v) is 8.46. The Morgan fingerprint density at radius 2 is 1.84 bits per heavy atom. The number of fused-ring (bicyclic) bond motifs is 1. The largest absolute Gasteiger partial charge is 0.325 e. The van der Waals surface area contributed by atoms with Gasteiger partial charge in [-0.25, -0.2) is 0 Å². The van der Waals surface area contributed by atoms with Crippen LogP contribution in [0.3, 0.4) is 0 Å². The van der Waals surface area contributed by atoms with Gasteiger partial charge in [-0.05, 0) is 69.1 Å². The number of halogens is 1. The van der Waals surface area contributed by atoms with Crippen LogP contribution in [0.1, 0.15) is 25.3 Å². The summed E-state index contributed by atoms with van der Waals surface area (Å²) < 4.78 is 1.18. The Morgan fingerprint density at radius 3 is 2.64 bits per heavy atom. The van der Waals surface area contributed by atoms with Gasteiger partial charge in [0.05, 0.1) is 5.75 Å². The van der Waals surface area contributed by atoms with Crippen LogP contribution in [0.5, 0.6) is 0 Å². The van der Waals surface area contributed by atoms with Crippen molar-refractivity contribution in [3.8, 4) is 0 Å². The normalized spacial score (nSPS) is 11.0. The average Bonchev–Trinajstić information content (AvgIpc) is 2.61. The summed E-state index contributed by atoms with van der Waals surface area (Å²) in [4.78, 5) is 13.6. The average molecular weight is 461 g/mol. The van der Waals surface area contributed by atoms with Crippen LogP contribution in [-0.2, 0) is 4.79 Å². The summed E-state index contributed by atoms with van der Waals surface area (Å²) in [5.74, 6) is 0.800. The Bertz CT molecular complexity index is 902. The highest BCUT2D eigenvalue weighted by molar-refractivity contribution is 14.1. The molecule has 1 amide bonds. The number of hydrogen-bond acceptors (Lipinski definition) is 2. The van der Waals surface area contributed by atoms with Crippen molar-refractivity contribution in [3.63, 3.8) is 0 Å². The first-order valence-electron chi connectivity index (χ1n) is 8.24. The van der Waals surface area contributed by atoms with Gasteiger partial charge in [-0.1, -0.05) is 50.2 Å². The Hall–Kier alpha value is -1.53. The number of amides is 1. The predicted molar refractivity (Wildman–Crippen MR) is 117 cm³/mol. The second-order valence-electron chi connectivity index (χ2n) is 6.20. The molecule has 0 aliphatic rings. The molecule has 0 saturated heterocycles. The summed E-state index contributed by atoms with van der Waals surface area (Å²) in [6.45, 7) is 4.29. The van der Waals surface area contributed by atoms with Gasteiger partial charge in [0.1, 0.15) is 0 Å². The van der Waals surface area contributed by atoms with E-state index in [1.54, 1.807) is 11.8 Å².